The van der Waals surface area contributed by atoms with Crippen molar-refractivity contribution in [2.45, 2.75) is 70.4 Å². The van der Waals surface area contributed by atoms with Gasteiger partial charge < -0.3 is 16.2 Å². The standard InChI is InChI=1S/C21H34F2N4O4S/c1-14-11-16(26(6)18(28)31-19(3,4)5)12-15(2)17(14)13-21(22,23)32(29,30)27-9-7-20(24,25)8-10-27/h11-12H,7-10,13,24-25H2,1-6H3. The van der Waals surface area contributed by atoms with Crippen LogP contribution in [-0.4, -0.2) is 55.5 Å². The molecule has 11 heteroatoms. The lowest BCUT2D eigenvalue weighted by Gasteiger charge is -2.37. The molecule has 1 aromatic rings. The van der Waals surface area contributed by atoms with Crippen molar-refractivity contribution in [3.05, 3.63) is 28.8 Å². The summed E-state index contributed by atoms with van der Waals surface area (Å²) in [5.74, 6) is 0. The van der Waals surface area contributed by atoms with E-state index in [-0.39, 0.29) is 31.5 Å². The molecule has 0 unspecified atom stereocenters. The number of piperidine rings is 1. The van der Waals surface area contributed by atoms with Crippen LogP contribution in [0, 0.1) is 13.8 Å². The molecule has 0 bridgehead atoms. The second kappa shape index (κ2) is 8.85. The summed E-state index contributed by atoms with van der Waals surface area (Å²) < 4.78 is 61.5. The monoisotopic (exact) mass is 476 g/mol. The van der Waals surface area contributed by atoms with Crippen LogP contribution in [0.15, 0.2) is 12.1 Å². The molecular formula is C21H34F2N4O4S. The Balaban J connectivity index is 2.26. The lowest BCUT2D eigenvalue weighted by Crippen LogP contribution is -2.59. The molecule has 8 nitrogen and oxygen atoms in total. The van der Waals surface area contributed by atoms with Crippen molar-refractivity contribution in [1.82, 2.24) is 4.31 Å². The number of nitrogens with zero attached hydrogens (tertiary/aromatic N) is 2. The van der Waals surface area contributed by atoms with Gasteiger partial charge in [0.1, 0.15) is 5.60 Å². The quantitative estimate of drug-likeness (QED) is 0.631. The van der Waals surface area contributed by atoms with Crippen molar-refractivity contribution < 1.29 is 26.7 Å². The van der Waals surface area contributed by atoms with Gasteiger partial charge in [-0.05, 0) is 76.3 Å². The zero-order chi connectivity index (χ0) is 24.7. The number of nitrogens with two attached hydrogens (primary N) is 2. The van der Waals surface area contributed by atoms with Gasteiger partial charge in [0.2, 0.25) is 0 Å². The molecule has 0 spiro atoms. The largest absolute Gasteiger partial charge is 0.443 e. The maximum absolute atomic E-state index is 15.0. The van der Waals surface area contributed by atoms with Crippen LogP contribution in [0.2, 0.25) is 0 Å². The van der Waals surface area contributed by atoms with Crippen molar-refractivity contribution in [2.75, 3.05) is 25.0 Å². The lowest BCUT2D eigenvalue weighted by atomic mass is 9.99. The van der Waals surface area contributed by atoms with Gasteiger partial charge in [0.05, 0.1) is 12.1 Å². The Bertz CT molecular complexity index is 941. The number of anilines is 1. The minimum absolute atomic E-state index is 0.103. The second-order valence-electron chi connectivity index (χ2n) is 9.55. The minimum atomic E-state index is -4.90. The maximum Gasteiger partial charge on any atom is 0.414 e. The van der Waals surface area contributed by atoms with Gasteiger partial charge in [0.15, 0.2) is 0 Å². The third-order valence-electron chi connectivity index (χ3n) is 5.49. The van der Waals surface area contributed by atoms with Gasteiger partial charge in [-0.3, -0.25) is 4.90 Å². The van der Waals surface area contributed by atoms with E-state index in [1.54, 1.807) is 46.8 Å². The van der Waals surface area contributed by atoms with Crippen LogP contribution < -0.4 is 16.4 Å². The Morgan fingerprint density at radius 3 is 2.06 bits per heavy atom. The SMILES string of the molecule is Cc1cc(N(C)C(=O)OC(C)(C)C)cc(C)c1CC(F)(F)S(=O)(=O)N1CCC(N)(N)CC1. The summed E-state index contributed by atoms with van der Waals surface area (Å²) >= 11 is 0. The van der Waals surface area contributed by atoms with Crippen LogP contribution in [-0.2, 0) is 21.2 Å². The summed E-state index contributed by atoms with van der Waals surface area (Å²) in [6.07, 6.45) is -1.35. The number of amides is 1. The van der Waals surface area contributed by atoms with Crippen LogP contribution in [0.25, 0.3) is 0 Å². The highest BCUT2D eigenvalue weighted by molar-refractivity contribution is 7.90. The molecule has 1 saturated heterocycles. The van der Waals surface area contributed by atoms with E-state index >= 15 is 8.78 Å². The molecule has 0 saturated carbocycles. The second-order valence-corrected chi connectivity index (χ2v) is 11.6. The van der Waals surface area contributed by atoms with E-state index in [0.717, 1.165) is 4.31 Å². The first-order valence-electron chi connectivity index (χ1n) is 10.4. The number of carbonyl (C=O) groups excluding carboxylic acids is 1. The van der Waals surface area contributed by atoms with Crippen LogP contribution in [0.4, 0.5) is 19.3 Å². The molecule has 0 atom stereocenters. The van der Waals surface area contributed by atoms with Gasteiger partial charge in [0.25, 0.3) is 10.0 Å². The summed E-state index contributed by atoms with van der Waals surface area (Å²) in [7, 11) is -3.38. The molecular weight excluding hydrogens is 442 g/mol. The van der Waals surface area contributed by atoms with E-state index < -0.39 is 39.1 Å². The number of ether oxygens (including phenoxy) is 1. The third-order valence-corrected chi connectivity index (χ3v) is 7.43. The first kappa shape index (κ1) is 26.4. The van der Waals surface area contributed by atoms with Gasteiger partial charge in [-0.1, -0.05) is 0 Å². The minimum Gasteiger partial charge on any atom is -0.443 e. The molecule has 1 aliphatic heterocycles. The summed E-state index contributed by atoms with van der Waals surface area (Å²) in [6.45, 7) is 8.13. The van der Waals surface area contributed by atoms with Crippen LogP contribution in [0.3, 0.4) is 0 Å². The Morgan fingerprint density at radius 1 is 1.16 bits per heavy atom. The van der Waals surface area contributed by atoms with E-state index in [1.165, 1.54) is 11.9 Å². The number of hydrogen-bond donors (Lipinski definition) is 2. The highest BCUT2D eigenvalue weighted by Crippen LogP contribution is 2.35. The Kier molecular flexibility index (Phi) is 7.31. The fourth-order valence-electron chi connectivity index (χ4n) is 3.51. The van der Waals surface area contributed by atoms with Crippen molar-refractivity contribution in [3.63, 3.8) is 0 Å². The Morgan fingerprint density at radius 2 is 1.62 bits per heavy atom. The van der Waals surface area contributed by atoms with Gasteiger partial charge in [-0.2, -0.15) is 13.1 Å². The zero-order valence-electron chi connectivity index (χ0n) is 19.5. The van der Waals surface area contributed by atoms with Gasteiger partial charge in [-0.15, -0.1) is 0 Å². The number of carbonyl (C=O) groups is 1. The van der Waals surface area contributed by atoms with Gasteiger partial charge >= 0.3 is 11.3 Å². The molecule has 4 N–H and O–H groups in total. The number of hydrogen-bond acceptors (Lipinski definition) is 6. The summed E-state index contributed by atoms with van der Waals surface area (Å²) in [5, 5.41) is -4.01. The van der Waals surface area contributed by atoms with Gasteiger partial charge in [0, 0.05) is 25.8 Å². The Labute approximate surface area is 188 Å². The molecule has 1 fully saturated rings. The van der Waals surface area contributed by atoms with Crippen molar-refractivity contribution in [3.8, 4) is 0 Å². The topological polar surface area (TPSA) is 119 Å². The fraction of sp³-hybridized carbons (Fsp3) is 0.667. The third kappa shape index (κ3) is 5.94. The van der Waals surface area contributed by atoms with Crippen LogP contribution in [0.5, 0.6) is 0 Å². The van der Waals surface area contributed by atoms with E-state index in [2.05, 4.69) is 0 Å². The number of alkyl halides is 2. The number of aryl methyl sites for hydroxylation is 2. The summed E-state index contributed by atoms with van der Waals surface area (Å²) in [6, 6.07) is 3.13. The fourth-order valence-corrected chi connectivity index (χ4v) is 4.88. The van der Waals surface area contributed by atoms with E-state index in [9.17, 15) is 13.2 Å². The lowest BCUT2D eigenvalue weighted by molar-refractivity contribution is 0.0589. The molecule has 182 valence electrons. The Hall–Kier alpha value is -1.82. The van der Waals surface area contributed by atoms with Crippen molar-refractivity contribution in [2.24, 2.45) is 11.5 Å². The molecule has 0 radical (unpaired) electrons. The predicted molar refractivity (Wildman–Crippen MR) is 120 cm³/mol. The van der Waals surface area contributed by atoms with Crippen LogP contribution in [0.1, 0.15) is 50.3 Å². The van der Waals surface area contributed by atoms with E-state index in [4.69, 9.17) is 16.2 Å². The predicted octanol–water partition coefficient (Wildman–Crippen LogP) is 2.85. The number of rotatable bonds is 5. The summed E-state index contributed by atoms with van der Waals surface area (Å²) in [4.78, 5) is 13.6. The molecule has 32 heavy (non-hydrogen) atoms. The normalized spacial score (nSPS) is 17.8. The number of halogens is 2. The molecule has 1 aromatic carbocycles. The molecule has 0 aromatic heterocycles. The van der Waals surface area contributed by atoms with Gasteiger partial charge in [-0.25, -0.2) is 13.2 Å². The smallest absolute Gasteiger partial charge is 0.414 e. The highest BCUT2D eigenvalue weighted by Gasteiger charge is 2.50. The number of benzene rings is 1. The van der Waals surface area contributed by atoms with Crippen molar-refractivity contribution >= 4 is 21.8 Å². The average molecular weight is 477 g/mol. The summed E-state index contributed by atoms with van der Waals surface area (Å²) in [5.41, 5.74) is 11.4. The molecule has 1 aliphatic rings. The molecule has 1 heterocycles. The molecule has 2 rings (SSSR count). The van der Waals surface area contributed by atoms with Crippen LogP contribution >= 0.6 is 0 Å². The zero-order valence-corrected chi connectivity index (χ0v) is 20.4. The first-order valence-corrected chi connectivity index (χ1v) is 11.8. The highest BCUT2D eigenvalue weighted by atomic mass is 32.2. The first-order chi connectivity index (χ1) is 14.4. The number of sulfonamides is 1. The molecule has 0 aliphatic carbocycles. The van der Waals surface area contributed by atoms with Crippen molar-refractivity contribution in [1.29, 1.82) is 0 Å². The molecule has 1 amide bonds. The van der Waals surface area contributed by atoms with E-state index in [0.29, 0.717) is 16.8 Å². The maximum atomic E-state index is 15.0. The van der Waals surface area contributed by atoms with E-state index in [1.807, 2.05) is 0 Å². The average Bonchev–Trinajstić information content (AvgIpc) is 2.62.